The first-order chi connectivity index (χ1) is 7.70. The number of nitrogens with zero attached hydrogens (tertiary/aromatic N) is 3. The predicted molar refractivity (Wildman–Crippen MR) is 65.9 cm³/mol. The van der Waals surface area contributed by atoms with Crippen LogP contribution >= 0.6 is 11.5 Å². The maximum Gasteiger partial charge on any atom is 0.148 e. The Morgan fingerprint density at radius 3 is 3.00 bits per heavy atom. The summed E-state index contributed by atoms with van der Waals surface area (Å²) in [6.07, 6.45) is 1.27. The van der Waals surface area contributed by atoms with Crippen molar-refractivity contribution in [3.05, 3.63) is 5.69 Å². The molecule has 1 aliphatic rings. The zero-order valence-electron chi connectivity index (χ0n) is 9.81. The summed E-state index contributed by atoms with van der Waals surface area (Å²) in [4.78, 5) is 2.43. The van der Waals surface area contributed by atoms with Gasteiger partial charge in [0.1, 0.15) is 10.7 Å². The van der Waals surface area contributed by atoms with E-state index in [0.29, 0.717) is 0 Å². The summed E-state index contributed by atoms with van der Waals surface area (Å²) in [6.45, 7) is 7.79. The van der Waals surface area contributed by atoms with Gasteiger partial charge in [-0.3, -0.25) is 4.90 Å². The lowest BCUT2D eigenvalue weighted by molar-refractivity contribution is 0.131. The number of hydrogen-bond donors (Lipinski definition) is 2. The molecular weight excluding hydrogens is 222 g/mol. The minimum absolute atomic E-state index is 0.759. The van der Waals surface area contributed by atoms with Crippen molar-refractivity contribution in [2.24, 2.45) is 17.7 Å². The monoisotopic (exact) mass is 241 g/mol. The lowest BCUT2D eigenvalue weighted by atomic mass is 9.89. The molecule has 0 radical (unpaired) electrons. The molecule has 0 bridgehead atoms. The highest BCUT2D eigenvalue weighted by Gasteiger charge is 2.23. The first-order valence-corrected chi connectivity index (χ1v) is 6.48. The number of hydrazine groups is 1. The van der Waals surface area contributed by atoms with Crippen molar-refractivity contribution in [1.29, 1.82) is 0 Å². The van der Waals surface area contributed by atoms with E-state index >= 15 is 0 Å². The van der Waals surface area contributed by atoms with Gasteiger partial charge in [-0.15, -0.1) is 5.10 Å². The molecule has 0 aromatic carbocycles. The van der Waals surface area contributed by atoms with Gasteiger partial charge < -0.3 is 5.43 Å². The number of nitrogens with two attached hydrogens (primary N) is 1. The number of anilines is 1. The Balaban J connectivity index is 1.95. The van der Waals surface area contributed by atoms with Crippen LogP contribution in [0.4, 0.5) is 5.00 Å². The Kier molecular flexibility index (Phi) is 3.73. The standard InChI is InChI=1S/C10H19N5S/c1-7-3-4-15(5-8(7)2)6-9-10(12-11)16-14-13-9/h7-8,12H,3-6,11H2,1-2H3. The van der Waals surface area contributed by atoms with Gasteiger partial charge in [0, 0.05) is 24.6 Å². The van der Waals surface area contributed by atoms with Crippen molar-refractivity contribution >= 4 is 16.5 Å². The van der Waals surface area contributed by atoms with Gasteiger partial charge in [0.15, 0.2) is 0 Å². The molecule has 1 aromatic heterocycles. The molecule has 6 heteroatoms. The lowest BCUT2D eigenvalue weighted by Crippen LogP contribution is -2.38. The van der Waals surface area contributed by atoms with E-state index in [1.54, 1.807) is 0 Å². The summed E-state index contributed by atoms with van der Waals surface area (Å²) in [5, 5.41) is 4.99. The molecule has 0 amide bonds. The predicted octanol–water partition coefficient (Wildman–Crippen LogP) is 1.30. The van der Waals surface area contributed by atoms with Crippen LogP contribution in [0.3, 0.4) is 0 Å². The molecule has 2 rings (SSSR count). The number of piperidine rings is 1. The molecule has 1 fully saturated rings. The van der Waals surface area contributed by atoms with Gasteiger partial charge >= 0.3 is 0 Å². The first-order valence-electron chi connectivity index (χ1n) is 5.71. The molecule has 16 heavy (non-hydrogen) atoms. The third kappa shape index (κ3) is 2.50. The molecule has 2 unspecified atom stereocenters. The summed E-state index contributed by atoms with van der Waals surface area (Å²) < 4.78 is 3.91. The topological polar surface area (TPSA) is 67.1 Å². The zero-order chi connectivity index (χ0) is 11.5. The van der Waals surface area contributed by atoms with Crippen LogP contribution in [0.5, 0.6) is 0 Å². The fraction of sp³-hybridized carbons (Fsp3) is 0.800. The average Bonchev–Trinajstić information content (AvgIpc) is 2.71. The highest BCUT2D eigenvalue weighted by atomic mass is 32.1. The van der Waals surface area contributed by atoms with E-state index < -0.39 is 0 Å². The SMILES string of the molecule is CC1CCN(Cc2nnsc2NN)CC1C. The Hall–Kier alpha value is -0.720. The van der Waals surface area contributed by atoms with Gasteiger partial charge in [0.25, 0.3) is 0 Å². The Bertz CT molecular complexity index is 340. The normalized spacial score (nSPS) is 26.9. The lowest BCUT2D eigenvalue weighted by Gasteiger charge is -2.34. The summed E-state index contributed by atoms with van der Waals surface area (Å²) in [5.74, 6) is 7.00. The number of nitrogen functional groups attached to an aromatic ring is 1. The van der Waals surface area contributed by atoms with Crippen LogP contribution in [-0.2, 0) is 6.54 Å². The minimum atomic E-state index is 0.759. The van der Waals surface area contributed by atoms with Crippen molar-refractivity contribution in [2.75, 3.05) is 18.5 Å². The van der Waals surface area contributed by atoms with Crippen LogP contribution in [0.15, 0.2) is 0 Å². The van der Waals surface area contributed by atoms with E-state index in [4.69, 9.17) is 5.84 Å². The van der Waals surface area contributed by atoms with E-state index in [2.05, 4.69) is 33.8 Å². The maximum atomic E-state index is 5.41. The second kappa shape index (κ2) is 5.07. The van der Waals surface area contributed by atoms with E-state index in [0.717, 1.165) is 42.2 Å². The average molecular weight is 241 g/mol. The van der Waals surface area contributed by atoms with Crippen LogP contribution in [0.2, 0.25) is 0 Å². The van der Waals surface area contributed by atoms with E-state index in [1.807, 2.05) is 0 Å². The molecule has 2 heterocycles. The van der Waals surface area contributed by atoms with E-state index in [9.17, 15) is 0 Å². The Morgan fingerprint density at radius 1 is 1.50 bits per heavy atom. The van der Waals surface area contributed by atoms with Gasteiger partial charge in [0.05, 0.1) is 0 Å². The number of hydrogen-bond acceptors (Lipinski definition) is 6. The van der Waals surface area contributed by atoms with Crippen molar-refractivity contribution in [3.63, 3.8) is 0 Å². The van der Waals surface area contributed by atoms with Crippen LogP contribution in [0, 0.1) is 11.8 Å². The summed E-state index contributed by atoms with van der Waals surface area (Å²) in [7, 11) is 0. The smallest absolute Gasteiger partial charge is 0.148 e. The Morgan fingerprint density at radius 2 is 2.31 bits per heavy atom. The van der Waals surface area contributed by atoms with Crippen molar-refractivity contribution < 1.29 is 0 Å². The van der Waals surface area contributed by atoms with Gasteiger partial charge in [-0.2, -0.15) is 0 Å². The molecule has 0 spiro atoms. The van der Waals surface area contributed by atoms with Gasteiger partial charge in [-0.25, -0.2) is 5.84 Å². The molecule has 1 saturated heterocycles. The maximum absolute atomic E-state index is 5.41. The molecule has 5 nitrogen and oxygen atoms in total. The summed E-state index contributed by atoms with van der Waals surface area (Å²) in [5.41, 5.74) is 3.62. The minimum Gasteiger partial charge on any atom is -0.313 e. The fourth-order valence-corrected chi connectivity index (χ4v) is 2.61. The molecule has 0 saturated carbocycles. The molecule has 3 N–H and O–H groups in total. The van der Waals surface area contributed by atoms with Crippen molar-refractivity contribution in [1.82, 2.24) is 14.5 Å². The number of rotatable bonds is 3. The third-order valence-corrected chi connectivity index (χ3v) is 4.18. The second-order valence-electron chi connectivity index (χ2n) is 4.67. The van der Waals surface area contributed by atoms with Gasteiger partial charge in [-0.05, 0) is 24.8 Å². The highest BCUT2D eigenvalue weighted by Crippen LogP contribution is 2.25. The van der Waals surface area contributed by atoms with E-state index in [-0.39, 0.29) is 0 Å². The third-order valence-electron chi connectivity index (χ3n) is 3.48. The van der Waals surface area contributed by atoms with Crippen molar-refractivity contribution in [3.8, 4) is 0 Å². The van der Waals surface area contributed by atoms with Gasteiger partial charge in [-0.1, -0.05) is 18.3 Å². The highest BCUT2D eigenvalue weighted by molar-refractivity contribution is 7.10. The Labute approximate surface area is 100 Å². The van der Waals surface area contributed by atoms with E-state index in [1.165, 1.54) is 18.0 Å². The number of nitrogens with one attached hydrogen (secondary N) is 1. The molecule has 2 atom stereocenters. The quantitative estimate of drug-likeness (QED) is 0.617. The number of aromatic nitrogens is 2. The molecule has 1 aliphatic heterocycles. The molecular formula is C10H19N5S. The van der Waals surface area contributed by atoms with Crippen LogP contribution in [0.25, 0.3) is 0 Å². The van der Waals surface area contributed by atoms with Gasteiger partial charge in [0.2, 0.25) is 0 Å². The number of likely N-dealkylation sites (tertiary alicyclic amines) is 1. The van der Waals surface area contributed by atoms with Crippen LogP contribution in [-0.4, -0.2) is 27.6 Å². The molecule has 1 aromatic rings. The zero-order valence-corrected chi connectivity index (χ0v) is 10.6. The summed E-state index contributed by atoms with van der Waals surface area (Å²) >= 11 is 1.32. The first kappa shape index (κ1) is 11.8. The fourth-order valence-electron chi connectivity index (χ4n) is 2.13. The van der Waals surface area contributed by atoms with Crippen LogP contribution in [0.1, 0.15) is 26.0 Å². The summed E-state index contributed by atoms with van der Waals surface area (Å²) in [6, 6.07) is 0. The largest absolute Gasteiger partial charge is 0.313 e. The molecule has 0 aliphatic carbocycles. The molecule has 90 valence electrons. The van der Waals surface area contributed by atoms with Crippen molar-refractivity contribution in [2.45, 2.75) is 26.8 Å². The van der Waals surface area contributed by atoms with Crippen LogP contribution < -0.4 is 11.3 Å². The second-order valence-corrected chi connectivity index (χ2v) is 5.43.